The average molecular weight is 552 g/mol. The largest absolute Gasteiger partial charge is 0.433 e. The van der Waals surface area contributed by atoms with Crippen molar-refractivity contribution in [3.05, 3.63) is 88.6 Å². The van der Waals surface area contributed by atoms with Crippen LogP contribution in [0.25, 0.3) is 0 Å². The molecular weight excluding hydrogens is 525 g/mol. The van der Waals surface area contributed by atoms with Gasteiger partial charge in [0, 0.05) is 12.7 Å². The number of aliphatic imine (C=N–C) groups is 1. The van der Waals surface area contributed by atoms with Crippen LogP contribution in [0.15, 0.2) is 76.6 Å². The van der Waals surface area contributed by atoms with Gasteiger partial charge in [-0.3, -0.25) is 19.2 Å². The fourth-order valence-electron chi connectivity index (χ4n) is 3.59. The van der Waals surface area contributed by atoms with Gasteiger partial charge in [-0.15, -0.1) is 11.8 Å². The summed E-state index contributed by atoms with van der Waals surface area (Å²) in [5.41, 5.74) is 6.48. The van der Waals surface area contributed by atoms with E-state index in [1.165, 1.54) is 17.8 Å². The summed E-state index contributed by atoms with van der Waals surface area (Å²) in [5.74, 6) is 0.176. The summed E-state index contributed by atoms with van der Waals surface area (Å²) in [5, 5.41) is 33.6. The van der Waals surface area contributed by atoms with Crippen LogP contribution >= 0.6 is 19.5 Å². The Kier molecular flexibility index (Phi) is 8.49. The van der Waals surface area contributed by atoms with Gasteiger partial charge in [-0.2, -0.15) is 0 Å². The number of thioether (sulfide) groups is 1. The Balaban J connectivity index is 1.42. The zero-order valence-corrected chi connectivity index (χ0v) is 21.2. The second-order valence-electron chi connectivity index (χ2n) is 8.11. The molecule has 37 heavy (non-hydrogen) atoms. The summed E-state index contributed by atoms with van der Waals surface area (Å²) < 4.78 is 29.8. The van der Waals surface area contributed by atoms with E-state index in [1.807, 2.05) is 30.3 Å². The third-order valence-corrected chi connectivity index (χ3v) is 8.56. The van der Waals surface area contributed by atoms with Crippen molar-refractivity contribution in [2.45, 2.75) is 36.0 Å². The number of furan rings is 1. The van der Waals surface area contributed by atoms with Crippen LogP contribution in [0.5, 0.6) is 0 Å². The van der Waals surface area contributed by atoms with Gasteiger partial charge in [0.2, 0.25) is 0 Å². The minimum atomic E-state index is -4.01. The van der Waals surface area contributed by atoms with Crippen molar-refractivity contribution in [3.63, 3.8) is 0 Å². The number of benzene rings is 1. The van der Waals surface area contributed by atoms with E-state index in [9.17, 15) is 24.9 Å². The third-order valence-electron chi connectivity index (χ3n) is 5.51. The van der Waals surface area contributed by atoms with Crippen LogP contribution in [-0.4, -0.2) is 55.3 Å². The van der Waals surface area contributed by atoms with Gasteiger partial charge in [0.05, 0.1) is 24.0 Å². The van der Waals surface area contributed by atoms with Crippen LogP contribution < -0.4 is 10.8 Å². The van der Waals surface area contributed by atoms with Gasteiger partial charge in [-0.25, -0.2) is 14.6 Å². The number of nitrogens with zero attached hydrogens (tertiary/aromatic N) is 3. The number of aliphatic hydroxyl groups excluding tert-OH is 2. The highest BCUT2D eigenvalue weighted by Crippen LogP contribution is 2.47. The number of nitro groups is 1. The number of rotatable bonds is 11. The molecule has 1 saturated heterocycles. The number of nitrogens with two attached hydrogens (primary N) is 1. The van der Waals surface area contributed by atoms with Crippen molar-refractivity contribution in [1.29, 1.82) is 0 Å². The van der Waals surface area contributed by atoms with Gasteiger partial charge in [0.1, 0.15) is 40.4 Å². The Bertz CT molecular complexity index is 1240. The molecule has 2 aliphatic heterocycles. The van der Waals surface area contributed by atoms with Gasteiger partial charge in [-0.05, 0) is 17.7 Å². The number of hydrogen-bond acceptors (Lipinski definition) is 12. The van der Waals surface area contributed by atoms with E-state index in [2.05, 4.69) is 16.7 Å². The summed E-state index contributed by atoms with van der Waals surface area (Å²) >= 11 is 1.20. The third kappa shape index (κ3) is 6.67. The fourth-order valence-corrected chi connectivity index (χ4v) is 6.45. The van der Waals surface area contributed by atoms with Gasteiger partial charge < -0.3 is 25.3 Å². The van der Waals surface area contributed by atoms with E-state index in [4.69, 9.17) is 19.2 Å². The molecule has 1 aromatic heterocycles. The standard InChI is InChI=1S/C22H26N5O8PS/c1-14-25-18(23)9-10-26(14)22-21(29)20(28)17(37-22)13-34-36(32,24-11-15-5-3-2-4-6-15)33-12-16-7-8-19(35-16)27(30)31/h2-10,17,20-22,28-29H,1,11-13H2,(H2,23,25)(H,24,32)/t17-,20-,21+,22-,36?/m1/s1. The Hall–Kier alpha value is -2.97. The summed E-state index contributed by atoms with van der Waals surface area (Å²) in [7, 11) is -4.01. The topological polar surface area (TPSA) is 186 Å². The Labute approximate surface area is 216 Å². The molecule has 1 aromatic carbocycles. The van der Waals surface area contributed by atoms with E-state index in [0.29, 0.717) is 5.82 Å². The first-order chi connectivity index (χ1) is 17.6. The van der Waals surface area contributed by atoms with Gasteiger partial charge in [0.25, 0.3) is 0 Å². The van der Waals surface area contributed by atoms with Crippen molar-refractivity contribution < 1.29 is 33.2 Å². The predicted octanol–water partition coefficient (Wildman–Crippen LogP) is 2.44. The lowest BCUT2D eigenvalue weighted by molar-refractivity contribution is -0.402. The molecule has 4 rings (SSSR count). The Morgan fingerprint density at radius 2 is 2.00 bits per heavy atom. The van der Waals surface area contributed by atoms with Crippen LogP contribution in [0.4, 0.5) is 5.88 Å². The van der Waals surface area contributed by atoms with E-state index in [0.717, 1.165) is 11.6 Å². The zero-order chi connectivity index (χ0) is 26.6. The number of amidine groups is 1. The molecule has 15 heteroatoms. The van der Waals surface area contributed by atoms with Crippen molar-refractivity contribution in [1.82, 2.24) is 9.99 Å². The summed E-state index contributed by atoms with van der Waals surface area (Å²) in [6.45, 7) is 3.35. The molecule has 13 nitrogen and oxygen atoms in total. The van der Waals surface area contributed by atoms with Crippen LogP contribution in [0, 0.1) is 10.1 Å². The highest BCUT2D eigenvalue weighted by molar-refractivity contribution is 8.00. The molecule has 0 saturated carbocycles. The summed E-state index contributed by atoms with van der Waals surface area (Å²) in [6, 6.07) is 11.6. The normalized spacial score (nSPS) is 25.2. The van der Waals surface area contributed by atoms with Gasteiger partial charge in [0.15, 0.2) is 0 Å². The van der Waals surface area contributed by atoms with E-state index >= 15 is 0 Å². The van der Waals surface area contributed by atoms with Crippen molar-refractivity contribution >= 4 is 31.2 Å². The number of aliphatic hydroxyl groups is 2. The first-order valence-electron chi connectivity index (χ1n) is 11.1. The molecule has 1 fully saturated rings. The second-order valence-corrected chi connectivity index (χ2v) is 11.3. The fraction of sp³-hybridized carbons (Fsp3) is 0.318. The molecule has 0 radical (unpaired) electrons. The average Bonchev–Trinajstić information content (AvgIpc) is 3.47. The minimum Gasteiger partial charge on any atom is -0.403 e. The van der Waals surface area contributed by atoms with Crippen LogP contribution in [0.1, 0.15) is 11.3 Å². The maximum absolute atomic E-state index is 13.6. The molecule has 1 unspecified atom stereocenters. The van der Waals surface area contributed by atoms with E-state index < -0.39 is 41.4 Å². The number of hydrogen-bond donors (Lipinski definition) is 4. The molecular formula is C22H26N5O8PS. The highest BCUT2D eigenvalue weighted by Gasteiger charge is 2.46. The monoisotopic (exact) mass is 551 g/mol. The maximum Gasteiger partial charge on any atom is 0.433 e. The Morgan fingerprint density at radius 1 is 1.24 bits per heavy atom. The lowest BCUT2D eigenvalue weighted by Crippen LogP contribution is -2.41. The maximum atomic E-state index is 13.6. The first kappa shape index (κ1) is 27.1. The SMILES string of the molecule is C=C1N=C(N)C=CN1[C@@H]1S[C@H](COP(=O)(NCc2ccccc2)OCc2ccc([N+](=O)[O-])o2)[C@@H](O)[C@@H]1O. The molecule has 2 aromatic rings. The van der Waals surface area contributed by atoms with Gasteiger partial charge in [-0.1, -0.05) is 36.9 Å². The van der Waals surface area contributed by atoms with Crippen molar-refractivity contribution in [3.8, 4) is 0 Å². The van der Waals surface area contributed by atoms with E-state index in [1.54, 1.807) is 17.2 Å². The molecule has 0 amide bonds. The molecule has 198 valence electrons. The number of nitrogens with one attached hydrogen (secondary N) is 1. The quantitative estimate of drug-likeness (QED) is 0.182. The molecule has 5 atom stereocenters. The van der Waals surface area contributed by atoms with Crippen molar-refractivity contribution in [2.24, 2.45) is 10.7 Å². The molecule has 2 aliphatic rings. The molecule has 0 aliphatic carbocycles. The molecule has 0 bridgehead atoms. The molecule has 5 N–H and O–H groups in total. The molecule has 0 spiro atoms. The Morgan fingerprint density at radius 3 is 2.68 bits per heavy atom. The summed E-state index contributed by atoms with van der Waals surface area (Å²) in [4.78, 5) is 15.8. The first-order valence-corrected chi connectivity index (χ1v) is 13.6. The van der Waals surface area contributed by atoms with Gasteiger partial charge >= 0.3 is 13.6 Å². The van der Waals surface area contributed by atoms with Crippen LogP contribution in [-0.2, 0) is 26.8 Å². The summed E-state index contributed by atoms with van der Waals surface area (Å²) in [6.07, 6.45) is 0.761. The smallest absolute Gasteiger partial charge is 0.403 e. The van der Waals surface area contributed by atoms with Crippen LogP contribution in [0.3, 0.4) is 0 Å². The van der Waals surface area contributed by atoms with E-state index in [-0.39, 0.29) is 31.4 Å². The van der Waals surface area contributed by atoms with Crippen molar-refractivity contribution in [2.75, 3.05) is 6.61 Å². The lowest BCUT2D eigenvalue weighted by atomic mass is 10.1. The molecule has 3 heterocycles. The lowest BCUT2D eigenvalue weighted by Gasteiger charge is -2.30. The minimum absolute atomic E-state index is 0.0815. The zero-order valence-electron chi connectivity index (χ0n) is 19.5. The van der Waals surface area contributed by atoms with Crippen LogP contribution in [0.2, 0.25) is 0 Å². The highest BCUT2D eigenvalue weighted by atomic mass is 32.2. The second kappa shape index (κ2) is 11.6. The predicted molar refractivity (Wildman–Crippen MR) is 136 cm³/mol.